The summed E-state index contributed by atoms with van der Waals surface area (Å²) in [5.41, 5.74) is 0. The minimum atomic E-state index is -0.391. The van der Waals surface area contributed by atoms with Gasteiger partial charge in [0.2, 0.25) is 0 Å². The fourth-order valence-electron chi connectivity index (χ4n) is 1.62. The van der Waals surface area contributed by atoms with Crippen molar-refractivity contribution in [1.82, 2.24) is 4.90 Å². The summed E-state index contributed by atoms with van der Waals surface area (Å²) in [5.74, 6) is 0. The summed E-state index contributed by atoms with van der Waals surface area (Å²) in [4.78, 5) is 2.27. The van der Waals surface area contributed by atoms with E-state index in [0.717, 1.165) is 0 Å². The number of aliphatic hydroxyl groups is 1. The highest BCUT2D eigenvalue weighted by Gasteiger charge is 2.17. The van der Waals surface area contributed by atoms with Crippen molar-refractivity contribution in [2.45, 2.75) is 65.8 Å². The van der Waals surface area contributed by atoms with Gasteiger partial charge in [0.25, 0.3) is 0 Å². The van der Waals surface area contributed by atoms with Crippen molar-refractivity contribution in [2.24, 2.45) is 0 Å². The third-order valence-electron chi connectivity index (χ3n) is 2.37. The van der Waals surface area contributed by atoms with Crippen LogP contribution in [0.5, 0.6) is 0 Å². The van der Waals surface area contributed by atoms with Crippen LogP contribution in [-0.2, 0) is 4.74 Å². The molecule has 0 aromatic carbocycles. The second kappa shape index (κ2) is 7.20. The normalized spacial score (nSPS) is 14.6. The van der Waals surface area contributed by atoms with Crippen molar-refractivity contribution in [3.63, 3.8) is 0 Å². The number of hydrogen-bond donors (Lipinski definition) is 1. The number of ether oxygens (including phenoxy) is 1. The van der Waals surface area contributed by atoms with Gasteiger partial charge in [0, 0.05) is 18.6 Å². The van der Waals surface area contributed by atoms with E-state index in [0.29, 0.717) is 25.2 Å². The minimum Gasteiger partial charge on any atom is -0.389 e. The molecule has 1 unspecified atom stereocenters. The van der Waals surface area contributed by atoms with Crippen molar-refractivity contribution in [1.29, 1.82) is 0 Å². The van der Waals surface area contributed by atoms with E-state index in [2.05, 4.69) is 32.6 Å². The van der Waals surface area contributed by atoms with Gasteiger partial charge in [-0.3, -0.25) is 4.90 Å². The molecule has 0 saturated carbocycles. The quantitative estimate of drug-likeness (QED) is 0.707. The molecule has 0 radical (unpaired) electrons. The minimum absolute atomic E-state index is 0.186. The third kappa shape index (κ3) is 6.88. The van der Waals surface area contributed by atoms with Crippen LogP contribution in [0.2, 0.25) is 0 Å². The Balaban J connectivity index is 3.95. The average Bonchev–Trinajstić information content (AvgIpc) is 2.09. The largest absolute Gasteiger partial charge is 0.389 e. The second-order valence-electron chi connectivity index (χ2n) is 4.92. The lowest BCUT2D eigenvalue weighted by Crippen LogP contribution is -2.43. The zero-order valence-corrected chi connectivity index (χ0v) is 11.0. The van der Waals surface area contributed by atoms with E-state index in [1.54, 1.807) is 0 Å². The lowest BCUT2D eigenvalue weighted by molar-refractivity contribution is -0.0172. The van der Waals surface area contributed by atoms with Gasteiger partial charge in [-0.15, -0.1) is 0 Å². The first-order valence-corrected chi connectivity index (χ1v) is 5.90. The van der Waals surface area contributed by atoms with Gasteiger partial charge in [-0.1, -0.05) is 0 Å². The first-order chi connectivity index (χ1) is 6.84. The van der Waals surface area contributed by atoms with Gasteiger partial charge in [-0.2, -0.15) is 0 Å². The van der Waals surface area contributed by atoms with Crippen molar-refractivity contribution in [3.8, 4) is 0 Å². The van der Waals surface area contributed by atoms with Crippen LogP contribution in [-0.4, -0.2) is 47.4 Å². The molecule has 3 heteroatoms. The monoisotopic (exact) mass is 217 g/mol. The summed E-state index contributed by atoms with van der Waals surface area (Å²) in [6, 6.07) is 0.914. The van der Waals surface area contributed by atoms with Gasteiger partial charge < -0.3 is 9.84 Å². The van der Waals surface area contributed by atoms with Gasteiger partial charge in [-0.25, -0.2) is 0 Å². The average molecular weight is 217 g/mol. The Morgan fingerprint density at radius 2 is 1.47 bits per heavy atom. The van der Waals surface area contributed by atoms with E-state index in [1.807, 2.05) is 13.8 Å². The standard InChI is InChI=1S/C12H27NO2/c1-9(2)13(10(3)4)7-12(14)8-15-11(5)6/h9-12,14H,7-8H2,1-6H3. The molecule has 3 nitrogen and oxygen atoms in total. The molecule has 0 aliphatic heterocycles. The number of aliphatic hydroxyl groups excluding tert-OH is 1. The molecule has 1 atom stereocenters. The third-order valence-corrected chi connectivity index (χ3v) is 2.37. The fraction of sp³-hybridized carbons (Fsp3) is 1.00. The Hall–Kier alpha value is -0.120. The highest BCUT2D eigenvalue weighted by Crippen LogP contribution is 2.06. The lowest BCUT2D eigenvalue weighted by atomic mass is 10.2. The molecule has 0 aliphatic rings. The second-order valence-corrected chi connectivity index (χ2v) is 4.92. The zero-order valence-electron chi connectivity index (χ0n) is 11.0. The summed E-state index contributed by atoms with van der Waals surface area (Å²) < 4.78 is 5.39. The first-order valence-electron chi connectivity index (χ1n) is 5.90. The highest BCUT2D eigenvalue weighted by atomic mass is 16.5. The molecule has 0 rings (SSSR count). The lowest BCUT2D eigenvalue weighted by Gasteiger charge is -2.32. The summed E-state index contributed by atoms with van der Waals surface area (Å²) >= 11 is 0. The number of rotatable bonds is 7. The Morgan fingerprint density at radius 1 is 1.00 bits per heavy atom. The summed E-state index contributed by atoms with van der Waals surface area (Å²) in [6.45, 7) is 13.7. The zero-order chi connectivity index (χ0) is 12.0. The van der Waals surface area contributed by atoms with E-state index < -0.39 is 6.10 Å². The Morgan fingerprint density at radius 3 is 1.80 bits per heavy atom. The summed E-state index contributed by atoms with van der Waals surface area (Å²) in [5, 5.41) is 9.80. The molecule has 0 spiro atoms. The van der Waals surface area contributed by atoms with Crippen LogP contribution in [0.25, 0.3) is 0 Å². The molecule has 0 amide bonds. The molecule has 0 aromatic heterocycles. The molecule has 0 fully saturated rings. The summed E-state index contributed by atoms with van der Waals surface area (Å²) in [7, 11) is 0. The van der Waals surface area contributed by atoms with Crippen LogP contribution in [0.4, 0.5) is 0 Å². The predicted octanol–water partition coefficient (Wildman–Crippen LogP) is 1.89. The molecule has 1 N–H and O–H groups in total. The molecule has 0 bridgehead atoms. The van der Waals surface area contributed by atoms with Gasteiger partial charge >= 0.3 is 0 Å². The molecular weight excluding hydrogens is 190 g/mol. The SMILES string of the molecule is CC(C)OCC(O)CN(C(C)C)C(C)C. The van der Waals surface area contributed by atoms with Crippen LogP contribution in [0.15, 0.2) is 0 Å². The van der Waals surface area contributed by atoms with Gasteiger partial charge in [0.05, 0.1) is 18.8 Å². The molecule has 0 saturated heterocycles. The molecule has 92 valence electrons. The van der Waals surface area contributed by atoms with Crippen LogP contribution in [0.3, 0.4) is 0 Å². The smallest absolute Gasteiger partial charge is 0.0900 e. The van der Waals surface area contributed by atoms with E-state index in [9.17, 15) is 5.11 Å². The van der Waals surface area contributed by atoms with Crippen molar-refractivity contribution < 1.29 is 9.84 Å². The van der Waals surface area contributed by atoms with Gasteiger partial charge in [-0.05, 0) is 41.5 Å². The molecular formula is C12H27NO2. The Kier molecular flexibility index (Phi) is 7.14. The summed E-state index contributed by atoms with van der Waals surface area (Å²) in [6.07, 6.45) is -0.205. The van der Waals surface area contributed by atoms with Crippen LogP contribution >= 0.6 is 0 Å². The predicted molar refractivity (Wildman–Crippen MR) is 64.1 cm³/mol. The van der Waals surface area contributed by atoms with Crippen molar-refractivity contribution >= 4 is 0 Å². The van der Waals surface area contributed by atoms with Gasteiger partial charge in [0.15, 0.2) is 0 Å². The van der Waals surface area contributed by atoms with Crippen LogP contribution in [0, 0.1) is 0 Å². The van der Waals surface area contributed by atoms with Crippen LogP contribution < -0.4 is 0 Å². The topological polar surface area (TPSA) is 32.7 Å². The van der Waals surface area contributed by atoms with Crippen molar-refractivity contribution in [3.05, 3.63) is 0 Å². The van der Waals surface area contributed by atoms with E-state index >= 15 is 0 Å². The maximum absolute atomic E-state index is 9.80. The Labute approximate surface area is 94.4 Å². The first kappa shape index (κ1) is 14.9. The highest BCUT2D eigenvalue weighted by molar-refractivity contribution is 4.71. The Bertz CT molecular complexity index is 150. The van der Waals surface area contributed by atoms with Crippen LogP contribution in [0.1, 0.15) is 41.5 Å². The van der Waals surface area contributed by atoms with E-state index in [-0.39, 0.29) is 6.10 Å². The number of nitrogens with zero attached hydrogens (tertiary/aromatic N) is 1. The molecule has 0 heterocycles. The van der Waals surface area contributed by atoms with E-state index in [4.69, 9.17) is 4.74 Å². The molecule has 15 heavy (non-hydrogen) atoms. The number of hydrogen-bond acceptors (Lipinski definition) is 3. The molecule has 0 aliphatic carbocycles. The molecule has 0 aromatic rings. The van der Waals surface area contributed by atoms with E-state index in [1.165, 1.54) is 0 Å². The maximum atomic E-state index is 9.80. The van der Waals surface area contributed by atoms with Gasteiger partial charge in [0.1, 0.15) is 0 Å². The fourth-order valence-corrected chi connectivity index (χ4v) is 1.62. The maximum Gasteiger partial charge on any atom is 0.0900 e. The van der Waals surface area contributed by atoms with Crippen molar-refractivity contribution in [2.75, 3.05) is 13.2 Å².